The number of nitrogens with zero attached hydrogens (tertiary/aromatic N) is 4. The van der Waals surface area contributed by atoms with E-state index in [1.807, 2.05) is 41.4 Å². The fourth-order valence-corrected chi connectivity index (χ4v) is 4.40. The Bertz CT molecular complexity index is 1080. The molecule has 154 valence electrons. The number of rotatable bonds is 3. The number of hydrogen-bond acceptors (Lipinski definition) is 4. The van der Waals surface area contributed by atoms with Crippen molar-refractivity contribution in [2.75, 3.05) is 51.2 Å². The molecule has 0 unspecified atom stereocenters. The molecule has 1 aromatic carbocycles. The molecule has 1 amide bonds. The van der Waals surface area contributed by atoms with Gasteiger partial charge in [-0.05, 0) is 49.4 Å². The number of amides is 1. The van der Waals surface area contributed by atoms with Crippen molar-refractivity contribution < 1.29 is 4.79 Å². The van der Waals surface area contributed by atoms with Gasteiger partial charge < -0.3 is 19.7 Å². The second-order valence-electron chi connectivity index (χ2n) is 8.17. The molecular weight excluding hydrogens is 374 g/mol. The van der Waals surface area contributed by atoms with Crippen LogP contribution in [0.3, 0.4) is 0 Å². The number of piperazine rings is 1. The first-order chi connectivity index (χ1) is 14.7. The van der Waals surface area contributed by atoms with Gasteiger partial charge in [-0.2, -0.15) is 0 Å². The van der Waals surface area contributed by atoms with Crippen molar-refractivity contribution in [1.82, 2.24) is 19.8 Å². The maximum Gasteiger partial charge on any atom is 0.253 e. The highest BCUT2D eigenvalue weighted by atomic mass is 16.2. The van der Waals surface area contributed by atoms with Crippen LogP contribution >= 0.6 is 0 Å². The predicted molar refractivity (Wildman–Crippen MR) is 121 cm³/mol. The third-order valence-electron chi connectivity index (χ3n) is 6.23. The Morgan fingerprint density at radius 3 is 2.67 bits per heavy atom. The standard InChI is InChI=1S/C24H27N5O/c1-27-10-7-18(8-11-27)21-17-26-22-6-5-19(16-20(21)22)24(30)29-14-12-28(13-15-29)23-4-2-3-9-25-23/h2-7,9,16-17,26H,8,10-15H2,1H3. The van der Waals surface area contributed by atoms with Crippen LogP contribution in [0.2, 0.25) is 0 Å². The number of aromatic amines is 1. The molecule has 0 radical (unpaired) electrons. The average Bonchev–Trinajstić information content (AvgIpc) is 3.23. The molecule has 2 aromatic heterocycles. The lowest BCUT2D eigenvalue weighted by atomic mass is 9.98. The summed E-state index contributed by atoms with van der Waals surface area (Å²) in [6.45, 7) is 5.08. The van der Waals surface area contributed by atoms with Gasteiger partial charge in [-0.15, -0.1) is 0 Å². The number of H-pyrrole nitrogens is 1. The molecule has 1 N–H and O–H groups in total. The Labute approximate surface area is 176 Å². The molecule has 5 rings (SSSR count). The molecule has 2 aliphatic rings. The third kappa shape index (κ3) is 3.59. The van der Waals surface area contributed by atoms with Crippen molar-refractivity contribution in [3.8, 4) is 0 Å². The van der Waals surface area contributed by atoms with Crippen LogP contribution in [0.4, 0.5) is 5.82 Å². The molecule has 0 aliphatic carbocycles. The maximum atomic E-state index is 13.2. The molecule has 4 heterocycles. The van der Waals surface area contributed by atoms with Gasteiger partial charge in [0.2, 0.25) is 0 Å². The molecular formula is C24H27N5O. The van der Waals surface area contributed by atoms with E-state index >= 15 is 0 Å². The molecule has 0 bridgehead atoms. The van der Waals surface area contributed by atoms with Crippen molar-refractivity contribution in [3.05, 3.63) is 66.0 Å². The van der Waals surface area contributed by atoms with Crippen LogP contribution in [-0.2, 0) is 0 Å². The van der Waals surface area contributed by atoms with Crippen molar-refractivity contribution in [2.45, 2.75) is 6.42 Å². The minimum Gasteiger partial charge on any atom is -0.361 e. The number of hydrogen-bond donors (Lipinski definition) is 1. The highest BCUT2D eigenvalue weighted by molar-refractivity contribution is 6.01. The first kappa shape index (κ1) is 18.9. The number of aromatic nitrogens is 2. The van der Waals surface area contributed by atoms with Crippen molar-refractivity contribution >= 4 is 28.2 Å². The lowest BCUT2D eigenvalue weighted by Crippen LogP contribution is -2.49. The molecule has 0 atom stereocenters. The summed E-state index contributed by atoms with van der Waals surface area (Å²) >= 11 is 0. The number of anilines is 1. The van der Waals surface area contributed by atoms with Crippen LogP contribution in [-0.4, -0.2) is 72.0 Å². The number of carbonyl (C=O) groups is 1. The van der Waals surface area contributed by atoms with Crippen molar-refractivity contribution in [3.63, 3.8) is 0 Å². The first-order valence-corrected chi connectivity index (χ1v) is 10.6. The average molecular weight is 402 g/mol. The number of pyridine rings is 1. The van der Waals surface area contributed by atoms with Gasteiger partial charge in [0.15, 0.2) is 0 Å². The number of nitrogens with one attached hydrogen (secondary N) is 1. The van der Waals surface area contributed by atoms with E-state index in [1.165, 1.54) is 11.1 Å². The molecule has 1 fully saturated rings. The zero-order valence-corrected chi connectivity index (χ0v) is 17.3. The zero-order chi connectivity index (χ0) is 20.5. The van der Waals surface area contributed by atoms with Gasteiger partial charge >= 0.3 is 0 Å². The Morgan fingerprint density at radius 2 is 1.93 bits per heavy atom. The van der Waals surface area contributed by atoms with Gasteiger partial charge in [-0.1, -0.05) is 12.1 Å². The highest BCUT2D eigenvalue weighted by Crippen LogP contribution is 2.30. The topological polar surface area (TPSA) is 55.5 Å². The molecule has 6 nitrogen and oxygen atoms in total. The Morgan fingerprint density at radius 1 is 1.07 bits per heavy atom. The minimum absolute atomic E-state index is 0.113. The van der Waals surface area contributed by atoms with Gasteiger partial charge in [-0.25, -0.2) is 4.98 Å². The number of likely N-dealkylation sites (N-methyl/N-ethyl adjacent to an activating group) is 1. The third-order valence-corrected chi connectivity index (χ3v) is 6.23. The predicted octanol–water partition coefficient (Wildman–Crippen LogP) is 3.24. The van der Waals surface area contributed by atoms with Crippen LogP contribution in [0.15, 0.2) is 54.9 Å². The first-order valence-electron chi connectivity index (χ1n) is 10.6. The van der Waals surface area contributed by atoms with E-state index in [0.717, 1.165) is 54.9 Å². The van der Waals surface area contributed by atoms with Gasteiger partial charge in [0.05, 0.1) is 0 Å². The highest BCUT2D eigenvalue weighted by Gasteiger charge is 2.23. The van der Waals surface area contributed by atoms with Gasteiger partial charge in [0, 0.05) is 73.7 Å². The van der Waals surface area contributed by atoms with Crippen molar-refractivity contribution in [2.24, 2.45) is 0 Å². The molecule has 3 aromatic rings. The summed E-state index contributed by atoms with van der Waals surface area (Å²) in [6.07, 6.45) is 7.24. The Hall–Kier alpha value is -3.12. The monoisotopic (exact) mass is 401 g/mol. The largest absolute Gasteiger partial charge is 0.361 e. The van der Waals surface area contributed by atoms with Crippen LogP contribution in [0.1, 0.15) is 22.3 Å². The van der Waals surface area contributed by atoms with Crippen LogP contribution in [0, 0.1) is 0 Å². The maximum absolute atomic E-state index is 13.2. The summed E-state index contributed by atoms with van der Waals surface area (Å²) in [4.78, 5) is 27.5. The summed E-state index contributed by atoms with van der Waals surface area (Å²) < 4.78 is 0. The van der Waals surface area contributed by atoms with E-state index in [0.29, 0.717) is 13.1 Å². The van der Waals surface area contributed by atoms with Gasteiger partial charge in [0.1, 0.15) is 5.82 Å². The fraction of sp³-hybridized carbons (Fsp3) is 0.333. The van der Waals surface area contributed by atoms with E-state index in [9.17, 15) is 4.79 Å². The summed E-state index contributed by atoms with van der Waals surface area (Å²) in [5.41, 5.74) is 4.45. The van der Waals surface area contributed by atoms with E-state index in [-0.39, 0.29) is 5.91 Å². The van der Waals surface area contributed by atoms with Gasteiger partial charge in [0.25, 0.3) is 5.91 Å². The summed E-state index contributed by atoms with van der Waals surface area (Å²) in [6, 6.07) is 12.0. The SMILES string of the molecule is CN1CC=C(c2c[nH]c3ccc(C(=O)N4CCN(c5ccccn5)CC4)cc23)CC1. The summed E-state index contributed by atoms with van der Waals surface area (Å²) in [5, 5.41) is 1.14. The summed E-state index contributed by atoms with van der Waals surface area (Å²) in [7, 11) is 2.15. The fourth-order valence-electron chi connectivity index (χ4n) is 4.40. The van der Waals surface area contributed by atoms with Crippen LogP contribution in [0.25, 0.3) is 16.5 Å². The zero-order valence-electron chi connectivity index (χ0n) is 17.3. The minimum atomic E-state index is 0.113. The van der Waals surface area contributed by atoms with E-state index in [1.54, 1.807) is 0 Å². The normalized spacial score (nSPS) is 18.0. The summed E-state index contributed by atoms with van der Waals surface area (Å²) in [5.74, 6) is 1.09. The second-order valence-corrected chi connectivity index (χ2v) is 8.17. The van der Waals surface area contributed by atoms with Crippen LogP contribution in [0.5, 0.6) is 0 Å². The number of benzene rings is 1. The van der Waals surface area contributed by atoms with Crippen molar-refractivity contribution in [1.29, 1.82) is 0 Å². The lowest BCUT2D eigenvalue weighted by Gasteiger charge is -2.35. The quantitative estimate of drug-likeness (QED) is 0.732. The Kier molecular flexibility index (Phi) is 5.01. The molecule has 2 aliphatic heterocycles. The van der Waals surface area contributed by atoms with Crippen LogP contribution < -0.4 is 4.90 Å². The van der Waals surface area contributed by atoms with E-state index in [4.69, 9.17) is 0 Å². The lowest BCUT2D eigenvalue weighted by molar-refractivity contribution is 0.0746. The Balaban J connectivity index is 1.34. The molecule has 30 heavy (non-hydrogen) atoms. The molecule has 0 saturated carbocycles. The second kappa shape index (κ2) is 7.95. The smallest absolute Gasteiger partial charge is 0.253 e. The van der Waals surface area contributed by atoms with Gasteiger partial charge in [-0.3, -0.25) is 4.79 Å². The molecule has 1 saturated heterocycles. The number of carbonyl (C=O) groups excluding carboxylic acids is 1. The molecule has 0 spiro atoms. The van der Waals surface area contributed by atoms with E-state index in [2.05, 4.69) is 45.2 Å². The number of fused-ring (bicyclic) bond motifs is 1. The molecule has 6 heteroatoms. The van der Waals surface area contributed by atoms with E-state index < -0.39 is 0 Å².